The number of hydrogen-bond acceptors (Lipinski definition) is 3. The average molecular weight is 374 g/mol. The lowest BCUT2D eigenvalue weighted by Gasteiger charge is -2.32. The smallest absolute Gasteiger partial charge is 0.226 e. The van der Waals surface area contributed by atoms with E-state index in [1.165, 1.54) is 0 Å². The van der Waals surface area contributed by atoms with Crippen LogP contribution in [0.5, 0.6) is 0 Å². The number of rotatable bonds is 8. The first-order chi connectivity index (χ1) is 12.5. The Morgan fingerprint density at radius 2 is 1.70 bits per heavy atom. The van der Waals surface area contributed by atoms with Crippen LogP contribution in [0.1, 0.15) is 59.4 Å². The van der Waals surface area contributed by atoms with Crippen LogP contribution in [-0.4, -0.2) is 29.8 Å². The molecule has 1 fully saturated rings. The molecule has 0 aromatic heterocycles. The Hall–Kier alpha value is -1.88. The van der Waals surface area contributed by atoms with E-state index in [4.69, 9.17) is 5.73 Å². The number of anilines is 1. The summed E-state index contributed by atoms with van der Waals surface area (Å²) in [4.78, 5) is 26.7. The Balaban J connectivity index is 2.01. The van der Waals surface area contributed by atoms with Gasteiger partial charge in [0.1, 0.15) is 0 Å². The summed E-state index contributed by atoms with van der Waals surface area (Å²) in [6.45, 7) is 12.1. The van der Waals surface area contributed by atoms with Crippen LogP contribution >= 0.6 is 0 Å². The Bertz CT molecular complexity index is 655. The Morgan fingerprint density at radius 3 is 2.19 bits per heavy atom. The third kappa shape index (κ3) is 7.33. The van der Waals surface area contributed by atoms with Gasteiger partial charge in [0.2, 0.25) is 11.8 Å². The van der Waals surface area contributed by atoms with Crippen LogP contribution in [0, 0.1) is 16.7 Å². The number of carbonyl (C=O) groups excluding carboxylic acids is 2. The highest BCUT2D eigenvalue weighted by Crippen LogP contribution is 2.32. The Labute approximate surface area is 163 Å². The van der Waals surface area contributed by atoms with Crippen molar-refractivity contribution in [3.8, 4) is 0 Å². The molecule has 3 N–H and O–H groups in total. The molecule has 1 aromatic rings. The lowest BCUT2D eigenvalue weighted by molar-refractivity contribution is -0.134. The Kier molecular flexibility index (Phi) is 6.68. The zero-order valence-corrected chi connectivity index (χ0v) is 17.5. The molecule has 150 valence electrons. The molecule has 2 rings (SSSR count). The third-order valence-electron chi connectivity index (χ3n) is 4.71. The quantitative estimate of drug-likeness (QED) is 0.728. The van der Waals surface area contributed by atoms with Crippen molar-refractivity contribution in [2.75, 3.05) is 18.4 Å². The average Bonchev–Trinajstić information content (AvgIpc) is 3.38. The fourth-order valence-corrected chi connectivity index (χ4v) is 2.98. The fourth-order valence-electron chi connectivity index (χ4n) is 2.98. The van der Waals surface area contributed by atoms with Gasteiger partial charge in [-0.2, -0.15) is 0 Å². The SMILES string of the molecule is CC(C)(C)CC(=O)Nc1ccc(CN(CC(C)(C)CN)C(=O)C2CC2)cc1. The first-order valence-electron chi connectivity index (χ1n) is 9.87. The summed E-state index contributed by atoms with van der Waals surface area (Å²) in [6.07, 6.45) is 2.47. The summed E-state index contributed by atoms with van der Waals surface area (Å²) in [5, 5.41) is 2.94. The van der Waals surface area contributed by atoms with E-state index in [-0.39, 0.29) is 28.6 Å². The fraction of sp³-hybridized carbons (Fsp3) is 0.636. The van der Waals surface area contributed by atoms with E-state index < -0.39 is 0 Å². The van der Waals surface area contributed by atoms with Crippen LogP contribution in [0.15, 0.2) is 24.3 Å². The molecule has 2 amide bonds. The molecule has 27 heavy (non-hydrogen) atoms. The maximum atomic E-state index is 12.7. The molecule has 0 heterocycles. The van der Waals surface area contributed by atoms with Crippen LogP contribution < -0.4 is 11.1 Å². The third-order valence-corrected chi connectivity index (χ3v) is 4.71. The maximum absolute atomic E-state index is 12.7. The summed E-state index contributed by atoms with van der Waals surface area (Å²) < 4.78 is 0. The van der Waals surface area contributed by atoms with Gasteiger partial charge in [-0.05, 0) is 47.9 Å². The van der Waals surface area contributed by atoms with E-state index in [2.05, 4.69) is 19.2 Å². The van der Waals surface area contributed by atoms with Gasteiger partial charge in [0.05, 0.1) is 0 Å². The maximum Gasteiger partial charge on any atom is 0.226 e. The molecule has 1 saturated carbocycles. The zero-order chi connectivity index (χ0) is 20.2. The number of carbonyl (C=O) groups is 2. The molecular formula is C22H35N3O2. The van der Waals surface area contributed by atoms with Crippen LogP contribution in [-0.2, 0) is 16.1 Å². The normalized spacial score (nSPS) is 14.7. The predicted molar refractivity (Wildman–Crippen MR) is 110 cm³/mol. The minimum atomic E-state index is -0.106. The zero-order valence-electron chi connectivity index (χ0n) is 17.5. The summed E-state index contributed by atoms with van der Waals surface area (Å²) in [5.74, 6) is 0.444. The van der Waals surface area contributed by atoms with Gasteiger partial charge in [-0.3, -0.25) is 9.59 Å². The second-order valence-corrected chi connectivity index (χ2v) is 9.82. The largest absolute Gasteiger partial charge is 0.338 e. The minimum Gasteiger partial charge on any atom is -0.338 e. The molecule has 5 heteroatoms. The van der Waals surface area contributed by atoms with Crippen molar-refractivity contribution in [2.45, 2.75) is 60.4 Å². The van der Waals surface area contributed by atoms with E-state index in [1.54, 1.807) is 0 Å². The van der Waals surface area contributed by atoms with Crippen molar-refractivity contribution < 1.29 is 9.59 Å². The second-order valence-electron chi connectivity index (χ2n) is 9.82. The van der Waals surface area contributed by atoms with E-state index in [9.17, 15) is 9.59 Å². The summed E-state index contributed by atoms with van der Waals surface area (Å²) in [5.41, 5.74) is 7.58. The van der Waals surface area contributed by atoms with E-state index in [0.29, 0.717) is 26.1 Å². The summed E-state index contributed by atoms with van der Waals surface area (Å²) in [6, 6.07) is 7.78. The lowest BCUT2D eigenvalue weighted by Crippen LogP contribution is -2.42. The summed E-state index contributed by atoms with van der Waals surface area (Å²) in [7, 11) is 0. The molecule has 1 aliphatic carbocycles. The molecule has 0 saturated heterocycles. The molecule has 0 atom stereocenters. The van der Waals surface area contributed by atoms with Crippen molar-refractivity contribution in [1.29, 1.82) is 0 Å². The van der Waals surface area contributed by atoms with Crippen LogP contribution in [0.4, 0.5) is 5.69 Å². The first-order valence-corrected chi connectivity index (χ1v) is 9.87. The molecule has 1 aromatic carbocycles. The van der Waals surface area contributed by atoms with Crippen molar-refractivity contribution in [3.63, 3.8) is 0 Å². The number of hydrogen-bond donors (Lipinski definition) is 2. The van der Waals surface area contributed by atoms with Crippen LogP contribution in [0.25, 0.3) is 0 Å². The highest BCUT2D eigenvalue weighted by atomic mass is 16.2. The van der Waals surface area contributed by atoms with Crippen molar-refractivity contribution in [2.24, 2.45) is 22.5 Å². The van der Waals surface area contributed by atoms with Gasteiger partial charge in [0.15, 0.2) is 0 Å². The van der Waals surface area contributed by atoms with Crippen molar-refractivity contribution >= 4 is 17.5 Å². The molecular weight excluding hydrogens is 338 g/mol. The van der Waals surface area contributed by atoms with Gasteiger partial charge in [-0.25, -0.2) is 0 Å². The first kappa shape index (κ1) is 21.4. The number of amides is 2. The monoisotopic (exact) mass is 373 g/mol. The second kappa shape index (κ2) is 8.42. The Morgan fingerprint density at radius 1 is 1.11 bits per heavy atom. The van der Waals surface area contributed by atoms with Gasteiger partial charge in [0.25, 0.3) is 0 Å². The van der Waals surface area contributed by atoms with E-state index in [0.717, 1.165) is 24.1 Å². The van der Waals surface area contributed by atoms with Gasteiger partial charge < -0.3 is 16.0 Å². The molecule has 0 aliphatic heterocycles. The lowest BCUT2D eigenvalue weighted by atomic mass is 9.92. The highest BCUT2D eigenvalue weighted by molar-refractivity contribution is 5.91. The predicted octanol–water partition coefficient (Wildman–Crippen LogP) is 3.78. The minimum absolute atomic E-state index is 0.0190. The van der Waals surface area contributed by atoms with E-state index >= 15 is 0 Å². The van der Waals surface area contributed by atoms with Crippen molar-refractivity contribution in [1.82, 2.24) is 4.90 Å². The topological polar surface area (TPSA) is 75.4 Å². The van der Waals surface area contributed by atoms with Gasteiger partial charge >= 0.3 is 0 Å². The number of nitrogens with one attached hydrogen (secondary N) is 1. The number of nitrogens with two attached hydrogens (primary N) is 1. The van der Waals surface area contributed by atoms with Crippen molar-refractivity contribution in [3.05, 3.63) is 29.8 Å². The summed E-state index contributed by atoms with van der Waals surface area (Å²) >= 11 is 0. The van der Waals surface area contributed by atoms with Gasteiger partial charge in [0, 0.05) is 31.1 Å². The van der Waals surface area contributed by atoms with Crippen LogP contribution in [0.3, 0.4) is 0 Å². The standard InChI is InChI=1S/C22H35N3O2/c1-21(2,3)12-19(26)24-18-10-6-16(7-11-18)13-25(15-22(4,5)14-23)20(27)17-8-9-17/h6-7,10-11,17H,8-9,12-15,23H2,1-5H3,(H,24,26). The molecule has 0 radical (unpaired) electrons. The molecule has 5 nitrogen and oxygen atoms in total. The van der Waals surface area contributed by atoms with Crippen LogP contribution in [0.2, 0.25) is 0 Å². The molecule has 0 unspecified atom stereocenters. The molecule has 0 bridgehead atoms. The molecule has 1 aliphatic rings. The van der Waals surface area contributed by atoms with E-state index in [1.807, 2.05) is 49.9 Å². The highest BCUT2D eigenvalue weighted by Gasteiger charge is 2.35. The number of nitrogens with zero attached hydrogens (tertiary/aromatic N) is 1. The van der Waals surface area contributed by atoms with Gasteiger partial charge in [-0.15, -0.1) is 0 Å². The van der Waals surface area contributed by atoms with Gasteiger partial charge in [-0.1, -0.05) is 46.8 Å². The number of benzene rings is 1. The molecule has 0 spiro atoms.